The van der Waals surface area contributed by atoms with Crippen LogP contribution in [0, 0.1) is 0 Å². The number of nitrogens with one attached hydrogen (secondary N) is 1. The molecule has 0 rings (SSSR count). The molecule has 1 unspecified atom stereocenters. The lowest BCUT2D eigenvalue weighted by atomic mass is 10.2. The van der Waals surface area contributed by atoms with E-state index in [9.17, 15) is 0 Å². The predicted molar refractivity (Wildman–Crippen MR) is 43.1 cm³/mol. The molecule has 0 aliphatic heterocycles. The molecular formula is C7H16ClN. The Morgan fingerprint density at radius 2 is 2.22 bits per heavy atom. The third-order valence-electron chi connectivity index (χ3n) is 1.21. The summed E-state index contributed by atoms with van der Waals surface area (Å²) in [5, 5.41) is 3.58. The zero-order valence-electron chi connectivity index (χ0n) is 6.28. The van der Waals surface area contributed by atoms with E-state index in [-0.39, 0.29) is 0 Å². The molecule has 2 heteroatoms. The highest BCUT2D eigenvalue weighted by Crippen LogP contribution is 2.01. The minimum atomic E-state index is 0.337. The van der Waals surface area contributed by atoms with Gasteiger partial charge in [0.05, 0.1) is 0 Å². The molecule has 0 aromatic rings. The summed E-state index contributed by atoms with van der Waals surface area (Å²) in [7, 11) is 0. The van der Waals surface area contributed by atoms with E-state index in [0.717, 1.165) is 19.5 Å². The van der Waals surface area contributed by atoms with Gasteiger partial charge >= 0.3 is 0 Å². The number of hydrogen-bond acceptors (Lipinski definition) is 1. The van der Waals surface area contributed by atoms with E-state index in [1.54, 1.807) is 0 Å². The maximum absolute atomic E-state index is 5.73. The van der Waals surface area contributed by atoms with Crippen molar-refractivity contribution >= 4 is 11.6 Å². The summed E-state index contributed by atoms with van der Waals surface area (Å²) < 4.78 is 0. The van der Waals surface area contributed by atoms with Crippen LogP contribution >= 0.6 is 11.6 Å². The van der Waals surface area contributed by atoms with Gasteiger partial charge in [-0.15, -0.1) is 11.6 Å². The first-order valence-electron chi connectivity index (χ1n) is 3.62. The fourth-order valence-electron chi connectivity index (χ4n) is 0.685. The van der Waals surface area contributed by atoms with E-state index >= 15 is 0 Å². The average Bonchev–Trinajstić information content (AvgIpc) is 1.80. The van der Waals surface area contributed by atoms with Gasteiger partial charge in [0.15, 0.2) is 0 Å². The van der Waals surface area contributed by atoms with Gasteiger partial charge < -0.3 is 5.32 Å². The fraction of sp³-hybridized carbons (Fsp3) is 1.00. The first kappa shape index (κ1) is 9.25. The van der Waals surface area contributed by atoms with Crippen molar-refractivity contribution in [3.8, 4) is 0 Å². The first-order valence-corrected chi connectivity index (χ1v) is 4.05. The van der Waals surface area contributed by atoms with E-state index in [0.29, 0.717) is 5.38 Å². The first-order chi connectivity index (χ1) is 4.27. The van der Waals surface area contributed by atoms with Crippen LogP contribution in [0.1, 0.15) is 26.7 Å². The lowest BCUT2D eigenvalue weighted by molar-refractivity contribution is 0.637. The van der Waals surface area contributed by atoms with E-state index in [1.807, 2.05) is 6.92 Å². The number of alkyl halides is 1. The second kappa shape index (κ2) is 6.37. The highest BCUT2D eigenvalue weighted by Gasteiger charge is 1.93. The largest absolute Gasteiger partial charge is 0.317 e. The van der Waals surface area contributed by atoms with Crippen molar-refractivity contribution in [1.82, 2.24) is 5.32 Å². The Bertz CT molecular complexity index is 54.9. The molecule has 0 fully saturated rings. The zero-order chi connectivity index (χ0) is 7.11. The van der Waals surface area contributed by atoms with Crippen LogP contribution in [0.4, 0.5) is 0 Å². The van der Waals surface area contributed by atoms with Gasteiger partial charge in [0, 0.05) is 5.38 Å². The van der Waals surface area contributed by atoms with Crippen molar-refractivity contribution in [2.24, 2.45) is 0 Å². The third kappa shape index (κ3) is 8.25. The average molecular weight is 150 g/mol. The quantitative estimate of drug-likeness (QED) is 0.466. The summed E-state index contributed by atoms with van der Waals surface area (Å²) in [4.78, 5) is 0. The SMILES string of the molecule is CCNCCCC(C)Cl. The third-order valence-corrected chi connectivity index (χ3v) is 1.42. The van der Waals surface area contributed by atoms with E-state index in [4.69, 9.17) is 11.6 Å². The summed E-state index contributed by atoms with van der Waals surface area (Å²) in [6.07, 6.45) is 2.31. The summed E-state index contributed by atoms with van der Waals surface area (Å²) in [5.41, 5.74) is 0. The molecule has 0 spiro atoms. The molecule has 0 aliphatic carbocycles. The Morgan fingerprint density at radius 1 is 1.56 bits per heavy atom. The van der Waals surface area contributed by atoms with Crippen LogP contribution in [-0.4, -0.2) is 18.5 Å². The lowest BCUT2D eigenvalue weighted by Crippen LogP contribution is -2.14. The van der Waals surface area contributed by atoms with Crippen molar-refractivity contribution in [3.05, 3.63) is 0 Å². The van der Waals surface area contributed by atoms with Crippen molar-refractivity contribution in [2.75, 3.05) is 13.1 Å². The van der Waals surface area contributed by atoms with Crippen LogP contribution in [0.3, 0.4) is 0 Å². The molecule has 1 atom stereocenters. The summed E-state index contributed by atoms with van der Waals surface area (Å²) in [6, 6.07) is 0. The van der Waals surface area contributed by atoms with Crippen molar-refractivity contribution in [2.45, 2.75) is 32.1 Å². The van der Waals surface area contributed by atoms with Gasteiger partial charge in [-0.25, -0.2) is 0 Å². The van der Waals surface area contributed by atoms with Crippen LogP contribution in [0.25, 0.3) is 0 Å². The van der Waals surface area contributed by atoms with Crippen LogP contribution in [-0.2, 0) is 0 Å². The molecule has 9 heavy (non-hydrogen) atoms. The molecule has 0 aromatic carbocycles. The van der Waals surface area contributed by atoms with E-state index < -0.39 is 0 Å². The van der Waals surface area contributed by atoms with Crippen LogP contribution in [0.15, 0.2) is 0 Å². The van der Waals surface area contributed by atoms with Gasteiger partial charge in [-0.05, 0) is 32.9 Å². The highest BCUT2D eigenvalue weighted by molar-refractivity contribution is 6.20. The molecule has 0 bridgehead atoms. The van der Waals surface area contributed by atoms with Crippen molar-refractivity contribution in [1.29, 1.82) is 0 Å². The maximum atomic E-state index is 5.73. The standard InChI is InChI=1S/C7H16ClN/c1-3-9-6-4-5-7(2)8/h7,9H,3-6H2,1-2H3. The summed E-state index contributed by atoms with van der Waals surface area (Å²) in [6.45, 7) is 6.32. The molecule has 1 N–H and O–H groups in total. The minimum absolute atomic E-state index is 0.337. The van der Waals surface area contributed by atoms with E-state index in [1.165, 1.54) is 6.42 Å². The topological polar surface area (TPSA) is 12.0 Å². The van der Waals surface area contributed by atoms with Gasteiger partial charge in [0.25, 0.3) is 0 Å². The van der Waals surface area contributed by atoms with Gasteiger partial charge in [0.2, 0.25) is 0 Å². The Labute approximate surface area is 62.8 Å². The minimum Gasteiger partial charge on any atom is -0.317 e. The molecule has 0 heterocycles. The number of halogens is 1. The van der Waals surface area contributed by atoms with Gasteiger partial charge in [-0.3, -0.25) is 0 Å². The zero-order valence-corrected chi connectivity index (χ0v) is 7.04. The Morgan fingerprint density at radius 3 is 2.67 bits per heavy atom. The van der Waals surface area contributed by atoms with Crippen molar-refractivity contribution in [3.63, 3.8) is 0 Å². The van der Waals surface area contributed by atoms with Crippen LogP contribution < -0.4 is 5.32 Å². The Balaban J connectivity index is 2.75. The molecule has 0 aromatic heterocycles. The normalized spacial score (nSPS) is 13.7. The molecular weight excluding hydrogens is 134 g/mol. The van der Waals surface area contributed by atoms with Crippen LogP contribution in [0.2, 0.25) is 0 Å². The van der Waals surface area contributed by atoms with Crippen LogP contribution in [0.5, 0.6) is 0 Å². The smallest absolute Gasteiger partial charge is 0.0308 e. The molecule has 0 saturated heterocycles. The lowest BCUT2D eigenvalue weighted by Gasteiger charge is -2.01. The number of rotatable bonds is 5. The number of hydrogen-bond donors (Lipinski definition) is 1. The Hall–Kier alpha value is 0.250. The van der Waals surface area contributed by atoms with Crippen molar-refractivity contribution < 1.29 is 0 Å². The second-order valence-corrected chi connectivity index (χ2v) is 3.02. The molecule has 0 amide bonds. The maximum Gasteiger partial charge on any atom is 0.0308 e. The molecule has 0 saturated carbocycles. The molecule has 0 aliphatic rings. The Kier molecular flexibility index (Phi) is 6.55. The molecule has 1 nitrogen and oxygen atoms in total. The monoisotopic (exact) mass is 149 g/mol. The van der Waals surface area contributed by atoms with Gasteiger partial charge in [-0.2, -0.15) is 0 Å². The molecule has 56 valence electrons. The highest BCUT2D eigenvalue weighted by atomic mass is 35.5. The van der Waals surface area contributed by atoms with Gasteiger partial charge in [0.1, 0.15) is 0 Å². The van der Waals surface area contributed by atoms with E-state index in [2.05, 4.69) is 12.2 Å². The molecule has 0 radical (unpaired) electrons. The fourth-order valence-corrected chi connectivity index (χ4v) is 0.839. The summed E-state index contributed by atoms with van der Waals surface area (Å²) >= 11 is 5.73. The predicted octanol–water partition coefficient (Wildman–Crippen LogP) is 2.00. The second-order valence-electron chi connectivity index (χ2n) is 2.28. The van der Waals surface area contributed by atoms with Gasteiger partial charge in [-0.1, -0.05) is 6.92 Å². The summed E-state index contributed by atoms with van der Waals surface area (Å²) in [5.74, 6) is 0.